The Morgan fingerprint density at radius 2 is 2.00 bits per heavy atom. The standard InChI is InChI=1S/C10H9F2NO/c1-5(13)9-4-7-8(12)2-6(11)3-10(7)14-9/h2-5H,13H2,1H3/t5-/m1/s1. The van der Waals surface area contributed by atoms with Gasteiger partial charge in [0.1, 0.15) is 23.0 Å². The highest BCUT2D eigenvalue weighted by Crippen LogP contribution is 2.25. The van der Waals surface area contributed by atoms with Gasteiger partial charge >= 0.3 is 0 Å². The molecule has 2 aromatic rings. The minimum Gasteiger partial charge on any atom is -0.459 e. The Labute approximate surface area is 79.3 Å². The molecule has 74 valence electrons. The predicted molar refractivity (Wildman–Crippen MR) is 48.7 cm³/mol. The molecule has 0 amide bonds. The summed E-state index contributed by atoms with van der Waals surface area (Å²) in [7, 11) is 0. The average Bonchev–Trinajstić information content (AvgIpc) is 2.47. The number of benzene rings is 1. The van der Waals surface area contributed by atoms with Crippen LogP contribution in [0.25, 0.3) is 11.0 Å². The molecule has 0 aliphatic rings. The van der Waals surface area contributed by atoms with E-state index >= 15 is 0 Å². The van der Waals surface area contributed by atoms with Crippen LogP contribution >= 0.6 is 0 Å². The maximum Gasteiger partial charge on any atom is 0.140 e. The van der Waals surface area contributed by atoms with E-state index in [2.05, 4.69) is 0 Å². The number of halogens is 2. The molecule has 2 N–H and O–H groups in total. The monoisotopic (exact) mass is 197 g/mol. The van der Waals surface area contributed by atoms with E-state index in [0.717, 1.165) is 12.1 Å². The lowest BCUT2D eigenvalue weighted by atomic mass is 10.2. The van der Waals surface area contributed by atoms with Crippen LogP contribution in [-0.2, 0) is 0 Å². The largest absolute Gasteiger partial charge is 0.459 e. The number of furan rings is 1. The first-order valence-electron chi connectivity index (χ1n) is 4.22. The van der Waals surface area contributed by atoms with Crippen LogP contribution in [0.5, 0.6) is 0 Å². The lowest BCUT2D eigenvalue weighted by Gasteiger charge is -1.96. The highest BCUT2D eigenvalue weighted by molar-refractivity contribution is 5.78. The molecule has 2 nitrogen and oxygen atoms in total. The predicted octanol–water partition coefficient (Wildman–Crippen LogP) is 2.73. The lowest BCUT2D eigenvalue weighted by Crippen LogP contribution is -2.02. The van der Waals surface area contributed by atoms with Gasteiger partial charge in [-0.25, -0.2) is 8.78 Å². The topological polar surface area (TPSA) is 39.2 Å². The lowest BCUT2D eigenvalue weighted by molar-refractivity contribution is 0.509. The van der Waals surface area contributed by atoms with Crippen molar-refractivity contribution in [2.75, 3.05) is 0 Å². The van der Waals surface area contributed by atoms with Gasteiger partial charge < -0.3 is 10.2 Å². The van der Waals surface area contributed by atoms with Gasteiger partial charge in [-0.2, -0.15) is 0 Å². The molecule has 0 aliphatic carbocycles. The molecule has 1 aromatic heterocycles. The third kappa shape index (κ3) is 1.37. The Hall–Kier alpha value is -1.42. The second-order valence-electron chi connectivity index (χ2n) is 3.24. The first kappa shape index (κ1) is 9.15. The molecular weight excluding hydrogens is 188 g/mol. The summed E-state index contributed by atoms with van der Waals surface area (Å²) in [5.74, 6) is -0.833. The number of hydrogen-bond acceptors (Lipinski definition) is 2. The molecule has 0 aliphatic heterocycles. The molecule has 0 fully saturated rings. The van der Waals surface area contributed by atoms with Gasteiger partial charge in [0.05, 0.1) is 11.4 Å². The first-order valence-corrected chi connectivity index (χ1v) is 4.22. The number of hydrogen-bond donors (Lipinski definition) is 1. The third-order valence-electron chi connectivity index (χ3n) is 2.02. The van der Waals surface area contributed by atoms with Crippen LogP contribution in [0.1, 0.15) is 18.7 Å². The first-order chi connectivity index (χ1) is 6.58. The van der Waals surface area contributed by atoms with E-state index in [1.165, 1.54) is 6.07 Å². The zero-order chi connectivity index (χ0) is 10.3. The molecule has 0 saturated heterocycles. The van der Waals surface area contributed by atoms with Crippen molar-refractivity contribution in [1.29, 1.82) is 0 Å². The van der Waals surface area contributed by atoms with Crippen molar-refractivity contribution < 1.29 is 13.2 Å². The van der Waals surface area contributed by atoms with E-state index in [4.69, 9.17) is 10.2 Å². The van der Waals surface area contributed by atoms with Crippen LogP contribution in [0.2, 0.25) is 0 Å². The Bertz CT molecular complexity index is 476. The quantitative estimate of drug-likeness (QED) is 0.763. The fraction of sp³-hybridized carbons (Fsp3) is 0.200. The molecule has 0 saturated carbocycles. The van der Waals surface area contributed by atoms with E-state index in [1.807, 2.05) is 0 Å². The molecule has 2 rings (SSSR count). The van der Waals surface area contributed by atoms with E-state index in [9.17, 15) is 8.78 Å². The zero-order valence-electron chi connectivity index (χ0n) is 7.55. The minimum atomic E-state index is -0.652. The van der Waals surface area contributed by atoms with E-state index in [0.29, 0.717) is 5.76 Å². The molecule has 0 spiro atoms. The summed E-state index contributed by atoms with van der Waals surface area (Å²) in [5.41, 5.74) is 5.75. The van der Waals surface area contributed by atoms with Gasteiger partial charge in [-0.15, -0.1) is 0 Å². The maximum absolute atomic E-state index is 13.2. The fourth-order valence-electron chi connectivity index (χ4n) is 1.31. The molecule has 1 aromatic carbocycles. The minimum absolute atomic E-state index is 0.190. The number of rotatable bonds is 1. The fourth-order valence-corrected chi connectivity index (χ4v) is 1.31. The molecule has 0 radical (unpaired) electrons. The molecule has 1 atom stereocenters. The van der Waals surface area contributed by atoms with Crippen LogP contribution in [-0.4, -0.2) is 0 Å². The van der Waals surface area contributed by atoms with Gasteiger partial charge in [-0.05, 0) is 13.0 Å². The molecule has 0 bridgehead atoms. The van der Waals surface area contributed by atoms with Gasteiger partial charge in [0, 0.05) is 12.1 Å². The Balaban J connectivity index is 2.70. The maximum atomic E-state index is 13.2. The zero-order valence-corrected chi connectivity index (χ0v) is 7.55. The van der Waals surface area contributed by atoms with Crippen LogP contribution in [0.15, 0.2) is 22.6 Å². The van der Waals surface area contributed by atoms with Crippen molar-refractivity contribution in [3.63, 3.8) is 0 Å². The Morgan fingerprint density at radius 3 is 2.64 bits per heavy atom. The van der Waals surface area contributed by atoms with Gasteiger partial charge in [0.15, 0.2) is 0 Å². The summed E-state index contributed by atoms with van der Waals surface area (Å²) in [6.45, 7) is 1.71. The van der Waals surface area contributed by atoms with Gasteiger partial charge in [-0.1, -0.05) is 0 Å². The summed E-state index contributed by atoms with van der Waals surface area (Å²) >= 11 is 0. The summed E-state index contributed by atoms with van der Waals surface area (Å²) in [6.07, 6.45) is 0. The van der Waals surface area contributed by atoms with Crippen LogP contribution in [0, 0.1) is 11.6 Å². The highest BCUT2D eigenvalue weighted by atomic mass is 19.1. The normalized spacial score (nSPS) is 13.4. The van der Waals surface area contributed by atoms with Crippen LogP contribution in [0.3, 0.4) is 0 Å². The highest BCUT2D eigenvalue weighted by Gasteiger charge is 2.12. The van der Waals surface area contributed by atoms with Gasteiger partial charge in [0.25, 0.3) is 0 Å². The van der Waals surface area contributed by atoms with Crippen molar-refractivity contribution >= 4 is 11.0 Å². The Morgan fingerprint density at radius 1 is 1.29 bits per heavy atom. The van der Waals surface area contributed by atoms with E-state index in [-0.39, 0.29) is 17.0 Å². The van der Waals surface area contributed by atoms with E-state index in [1.54, 1.807) is 6.92 Å². The third-order valence-corrected chi connectivity index (χ3v) is 2.02. The molecule has 0 unspecified atom stereocenters. The smallest absolute Gasteiger partial charge is 0.140 e. The van der Waals surface area contributed by atoms with Crippen molar-refractivity contribution in [2.45, 2.75) is 13.0 Å². The van der Waals surface area contributed by atoms with Gasteiger partial charge in [-0.3, -0.25) is 0 Å². The number of nitrogens with two attached hydrogens (primary N) is 1. The van der Waals surface area contributed by atoms with Crippen molar-refractivity contribution in [3.8, 4) is 0 Å². The SMILES string of the molecule is C[C@@H](N)c1cc2c(F)cc(F)cc2o1. The van der Waals surface area contributed by atoms with Crippen LogP contribution in [0.4, 0.5) is 8.78 Å². The molecule has 14 heavy (non-hydrogen) atoms. The Kier molecular flexibility index (Phi) is 2.00. The summed E-state index contributed by atoms with van der Waals surface area (Å²) < 4.78 is 31.1. The second kappa shape index (κ2) is 3.06. The molecule has 4 heteroatoms. The van der Waals surface area contributed by atoms with Crippen molar-refractivity contribution in [2.24, 2.45) is 5.73 Å². The van der Waals surface area contributed by atoms with Gasteiger partial charge in [0.2, 0.25) is 0 Å². The molecule has 1 heterocycles. The summed E-state index contributed by atoms with van der Waals surface area (Å²) in [6, 6.07) is 3.13. The average molecular weight is 197 g/mol. The van der Waals surface area contributed by atoms with Crippen molar-refractivity contribution in [3.05, 3.63) is 35.6 Å². The number of fused-ring (bicyclic) bond motifs is 1. The summed E-state index contributed by atoms with van der Waals surface area (Å²) in [4.78, 5) is 0. The van der Waals surface area contributed by atoms with Crippen molar-refractivity contribution in [1.82, 2.24) is 0 Å². The second-order valence-corrected chi connectivity index (χ2v) is 3.24. The van der Waals surface area contributed by atoms with Crippen LogP contribution < -0.4 is 5.73 Å². The molecular formula is C10H9F2NO. The van der Waals surface area contributed by atoms with E-state index < -0.39 is 11.6 Å². The summed E-state index contributed by atoms with van der Waals surface area (Å²) in [5, 5.41) is 0.263.